The Morgan fingerprint density at radius 3 is 2.70 bits per heavy atom. The third kappa shape index (κ3) is 2.86. The van der Waals surface area contributed by atoms with E-state index in [1.54, 1.807) is 6.07 Å². The van der Waals surface area contributed by atoms with E-state index in [1.165, 1.54) is 18.5 Å². The summed E-state index contributed by atoms with van der Waals surface area (Å²) < 4.78 is 6.15. The quantitative estimate of drug-likeness (QED) is 0.457. The Morgan fingerprint density at radius 2 is 2.05 bits per heavy atom. The molecule has 10 heteroatoms. The van der Waals surface area contributed by atoms with Crippen molar-refractivity contribution in [3.8, 4) is 11.6 Å². The van der Waals surface area contributed by atoms with Crippen LogP contribution in [0.4, 0.5) is 11.5 Å². The van der Waals surface area contributed by atoms with E-state index in [4.69, 9.17) is 10.6 Å². The summed E-state index contributed by atoms with van der Waals surface area (Å²) in [6, 6.07) is 4.44. The third-order valence-electron chi connectivity index (χ3n) is 2.24. The molecule has 0 atom stereocenters. The number of hydrogen-bond donors (Lipinski definition) is 2. The predicted octanol–water partition coefficient (Wildman–Crippen LogP) is 2.99. The summed E-state index contributed by atoms with van der Waals surface area (Å²) in [7, 11) is 0. The molecule has 2 rings (SSSR count). The van der Waals surface area contributed by atoms with Gasteiger partial charge in [0.1, 0.15) is 15.3 Å². The van der Waals surface area contributed by atoms with Crippen LogP contribution >= 0.6 is 31.9 Å². The molecule has 1 heterocycles. The van der Waals surface area contributed by atoms with Crippen molar-refractivity contribution in [3.05, 3.63) is 43.6 Å². The molecule has 0 radical (unpaired) electrons. The van der Waals surface area contributed by atoms with Crippen molar-refractivity contribution in [1.82, 2.24) is 9.97 Å². The maximum Gasteiger partial charge on any atom is 0.287 e. The summed E-state index contributed by atoms with van der Waals surface area (Å²) in [5.74, 6) is 6.04. The van der Waals surface area contributed by atoms with Crippen molar-refractivity contribution < 1.29 is 9.66 Å². The lowest BCUT2D eigenvalue weighted by Gasteiger charge is -2.10. The van der Waals surface area contributed by atoms with Crippen LogP contribution in [0.25, 0.3) is 0 Å². The van der Waals surface area contributed by atoms with Gasteiger partial charge in [0, 0.05) is 6.07 Å². The molecule has 0 aliphatic rings. The molecule has 0 saturated carbocycles. The van der Waals surface area contributed by atoms with Crippen LogP contribution in [0.1, 0.15) is 0 Å². The number of rotatable bonds is 4. The van der Waals surface area contributed by atoms with E-state index in [0.717, 1.165) is 0 Å². The standard InChI is InChI=1S/C10H7Br2N5O3/c11-7-5(17(18)19)2-1-3-6(7)20-10-8(12)9(16-13)14-4-15-10/h1-4H,13H2,(H,14,15,16). The number of nitrogens with zero attached hydrogens (tertiary/aromatic N) is 3. The molecule has 0 aliphatic heterocycles. The SMILES string of the molecule is NNc1ncnc(Oc2cccc([N+](=O)[O-])c2Br)c1Br. The Morgan fingerprint density at radius 1 is 1.30 bits per heavy atom. The molecule has 0 unspecified atom stereocenters. The second kappa shape index (κ2) is 6.11. The van der Waals surface area contributed by atoms with Gasteiger partial charge in [-0.1, -0.05) is 6.07 Å². The largest absolute Gasteiger partial charge is 0.436 e. The molecule has 2 aromatic rings. The minimum Gasteiger partial charge on any atom is -0.436 e. The molecule has 104 valence electrons. The highest BCUT2D eigenvalue weighted by molar-refractivity contribution is 9.11. The Labute approximate surface area is 129 Å². The highest BCUT2D eigenvalue weighted by Gasteiger charge is 2.18. The van der Waals surface area contributed by atoms with Gasteiger partial charge in [0.25, 0.3) is 5.69 Å². The average Bonchev–Trinajstić information content (AvgIpc) is 2.43. The van der Waals surface area contributed by atoms with Gasteiger partial charge in [-0.3, -0.25) is 10.1 Å². The summed E-state index contributed by atoms with van der Waals surface area (Å²) in [5, 5.41) is 10.9. The second-order valence-electron chi connectivity index (χ2n) is 3.43. The van der Waals surface area contributed by atoms with Crippen LogP contribution in [-0.2, 0) is 0 Å². The number of ether oxygens (including phenoxy) is 1. The fourth-order valence-corrected chi connectivity index (χ4v) is 2.24. The molecular formula is C10H7Br2N5O3. The van der Waals surface area contributed by atoms with E-state index >= 15 is 0 Å². The summed E-state index contributed by atoms with van der Waals surface area (Å²) in [6.45, 7) is 0. The van der Waals surface area contributed by atoms with Gasteiger partial charge in [0.2, 0.25) is 5.88 Å². The second-order valence-corrected chi connectivity index (χ2v) is 5.02. The molecule has 0 spiro atoms. The molecule has 0 bridgehead atoms. The Kier molecular flexibility index (Phi) is 4.47. The molecule has 0 saturated heterocycles. The number of halogens is 2. The molecular weight excluding hydrogens is 398 g/mol. The fourth-order valence-electron chi connectivity index (χ4n) is 1.35. The average molecular weight is 405 g/mol. The molecule has 20 heavy (non-hydrogen) atoms. The Bertz CT molecular complexity index is 667. The van der Waals surface area contributed by atoms with Crippen LogP contribution < -0.4 is 16.0 Å². The van der Waals surface area contributed by atoms with Crippen molar-refractivity contribution in [3.63, 3.8) is 0 Å². The fraction of sp³-hybridized carbons (Fsp3) is 0. The van der Waals surface area contributed by atoms with Gasteiger partial charge < -0.3 is 10.2 Å². The van der Waals surface area contributed by atoms with Gasteiger partial charge in [-0.25, -0.2) is 15.8 Å². The van der Waals surface area contributed by atoms with E-state index in [9.17, 15) is 10.1 Å². The van der Waals surface area contributed by atoms with Crippen molar-refractivity contribution in [2.24, 2.45) is 5.84 Å². The predicted molar refractivity (Wildman–Crippen MR) is 78.4 cm³/mol. The van der Waals surface area contributed by atoms with Gasteiger partial charge in [-0.15, -0.1) is 0 Å². The maximum atomic E-state index is 10.9. The van der Waals surface area contributed by atoms with Crippen LogP contribution in [0.3, 0.4) is 0 Å². The normalized spacial score (nSPS) is 10.2. The number of nitrogens with one attached hydrogen (secondary N) is 1. The smallest absolute Gasteiger partial charge is 0.287 e. The Balaban J connectivity index is 2.41. The Hall–Kier alpha value is -1.78. The van der Waals surface area contributed by atoms with Crippen molar-refractivity contribution in [1.29, 1.82) is 0 Å². The lowest BCUT2D eigenvalue weighted by Crippen LogP contribution is -2.10. The van der Waals surface area contributed by atoms with Gasteiger partial charge in [-0.05, 0) is 37.9 Å². The zero-order valence-corrected chi connectivity index (χ0v) is 12.9. The van der Waals surface area contributed by atoms with Crippen LogP contribution in [0.15, 0.2) is 33.5 Å². The zero-order valence-electron chi connectivity index (χ0n) is 9.71. The lowest BCUT2D eigenvalue weighted by atomic mass is 10.3. The topological polar surface area (TPSA) is 116 Å². The maximum absolute atomic E-state index is 10.9. The first-order chi connectivity index (χ1) is 9.54. The number of hydrogen-bond acceptors (Lipinski definition) is 7. The minimum absolute atomic E-state index is 0.107. The zero-order chi connectivity index (χ0) is 14.7. The van der Waals surface area contributed by atoms with Crippen LogP contribution in [0, 0.1) is 10.1 Å². The minimum atomic E-state index is -0.515. The monoisotopic (exact) mass is 403 g/mol. The number of nitro benzene ring substituents is 1. The third-order valence-corrected chi connectivity index (χ3v) is 3.75. The first kappa shape index (κ1) is 14.6. The summed E-state index contributed by atoms with van der Waals surface area (Å²) in [5.41, 5.74) is 2.26. The summed E-state index contributed by atoms with van der Waals surface area (Å²) in [6.07, 6.45) is 1.25. The van der Waals surface area contributed by atoms with Gasteiger partial charge >= 0.3 is 0 Å². The van der Waals surface area contributed by atoms with E-state index in [-0.39, 0.29) is 21.8 Å². The van der Waals surface area contributed by atoms with Gasteiger partial charge in [0.15, 0.2) is 11.6 Å². The summed E-state index contributed by atoms with van der Waals surface area (Å²) >= 11 is 6.36. The molecule has 3 N–H and O–H groups in total. The number of hydrazine groups is 1. The first-order valence-electron chi connectivity index (χ1n) is 5.12. The van der Waals surface area contributed by atoms with Crippen molar-refractivity contribution in [2.45, 2.75) is 0 Å². The van der Waals surface area contributed by atoms with Crippen molar-refractivity contribution in [2.75, 3.05) is 5.43 Å². The van der Waals surface area contributed by atoms with Crippen molar-refractivity contribution >= 4 is 43.4 Å². The van der Waals surface area contributed by atoms with Crippen LogP contribution in [0.2, 0.25) is 0 Å². The number of nitro groups is 1. The van der Waals surface area contributed by atoms with E-state index in [2.05, 4.69) is 47.3 Å². The van der Waals surface area contributed by atoms with E-state index in [0.29, 0.717) is 10.3 Å². The highest BCUT2D eigenvalue weighted by atomic mass is 79.9. The summed E-state index contributed by atoms with van der Waals surface area (Å²) in [4.78, 5) is 18.1. The number of nitrogen functional groups attached to an aromatic ring is 1. The number of anilines is 1. The van der Waals surface area contributed by atoms with Gasteiger partial charge in [-0.2, -0.15) is 0 Å². The molecule has 0 fully saturated rings. The molecule has 0 amide bonds. The van der Waals surface area contributed by atoms with Crippen LogP contribution in [0.5, 0.6) is 11.6 Å². The number of aromatic nitrogens is 2. The lowest BCUT2D eigenvalue weighted by molar-refractivity contribution is -0.385. The highest BCUT2D eigenvalue weighted by Crippen LogP contribution is 2.38. The molecule has 1 aromatic heterocycles. The number of benzene rings is 1. The first-order valence-corrected chi connectivity index (χ1v) is 6.71. The molecule has 1 aromatic carbocycles. The van der Waals surface area contributed by atoms with E-state index < -0.39 is 4.92 Å². The molecule has 0 aliphatic carbocycles. The van der Waals surface area contributed by atoms with Gasteiger partial charge in [0.05, 0.1) is 4.92 Å². The molecule has 8 nitrogen and oxygen atoms in total. The van der Waals surface area contributed by atoms with Crippen LogP contribution in [-0.4, -0.2) is 14.9 Å². The number of nitrogens with two attached hydrogens (primary N) is 1. The van der Waals surface area contributed by atoms with E-state index in [1.807, 2.05) is 0 Å².